The summed E-state index contributed by atoms with van der Waals surface area (Å²) in [4.78, 5) is 0. The second kappa shape index (κ2) is 18.8. The first-order chi connectivity index (χ1) is 12.6. The molecule has 160 valence electrons. The van der Waals surface area contributed by atoms with Gasteiger partial charge in [0.25, 0.3) is 0 Å². The van der Waals surface area contributed by atoms with Gasteiger partial charge in [0.15, 0.2) is 0 Å². The summed E-state index contributed by atoms with van der Waals surface area (Å²) in [6.07, 6.45) is 13.5. The summed E-state index contributed by atoms with van der Waals surface area (Å²) >= 11 is 18.4. The van der Waals surface area contributed by atoms with Crippen molar-refractivity contribution in [2.45, 2.75) is 76.4 Å². The molecule has 9 heteroatoms. The second-order valence-electron chi connectivity index (χ2n) is 6.46. The SMILES string of the molecule is S=C([S-])OCCOC1CCCCC1.S=C([S-])OCCOC1CCCCC1.[Pt+2]. The topological polar surface area (TPSA) is 36.9 Å². The van der Waals surface area contributed by atoms with Crippen molar-refractivity contribution < 1.29 is 40.0 Å². The van der Waals surface area contributed by atoms with Crippen LogP contribution in [0, 0.1) is 0 Å². The fraction of sp³-hybridized carbons (Fsp3) is 0.889. The first-order valence-corrected chi connectivity index (χ1v) is 11.1. The molecule has 0 spiro atoms. The molecule has 0 aromatic heterocycles. The first-order valence-electron chi connectivity index (χ1n) is 9.48. The van der Waals surface area contributed by atoms with E-state index in [1.807, 2.05) is 0 Å². The van der Waals surface area contributed by atoms with Gasteiger partial charge in [0.1, 0.15) is 13.2 Å². The number of thiocarbonyl (C=S) groups is 2. The van der Waals surface area contributed by atoms with Gasteiger partial charge in [-0.15, -0.1) is 0 Å². The van der Waals surface area contributed by atoms with Crippen LogP contribution >= 0.6 is 24.4 Å². The van der Waals surface area contributed by atoms with Gasteiger partial charge in [0.2, 0.25) is 0 Å². The van der Waals surface area contributed by atoms with Crippen LogP contribution in [0.2, 0.25) is 0 Å². The molecule has 2 aliphatic carbocycles. The van der Waals surface area contributed by atoms with Gasteiger partial charge >= 0.3 is 21.1 Å². The van der Waals surface area contributed by atoms with E-state index in [1.165, 1.54) is 64.2 Å². The number of hydrogen-bond acceptors (Lipinski definition) is 8. The Morgan fingerprint density at radius 3 is 1.26 bits per heavy atom. The maximum atomic E-state index is 5.60. The smallest absolute Gasteiger partial charge is 0.511 e. The van der Waals surface area contributed by atoms with Gasteiger partial charge in [-0.05, 0) is 25.7 Å². The third kappa shape index (κ3) is 17.4. The van der Waals surface area contributed by atoms with Crippen LogP contribution in [0.3, 0.4) is 0 Å². The number of hydrogen-bond donors (Lipinski definition) is 0. The van der Waals surface area contributed by atoms with E-state index < -0.39 is 0 Å². The fourth-order valence-corrected chi connectivity index (χ4v) is 3.48. The molecule has 0 unspecified atom stereocenters. The zero-order chi connectivity index (χ0) is 19.0. The van der Waals surface area contributed by atoms with Crippen LogP contribution in [0.25, 0.3) is 0 Å². The summed E-state index contributed by atoms with van der Waals surface area (Å²) in [5, 5.41) is 0. The summed E-state index contributed by atoms with van der Waals surface area (Å²) in [6, 6.07) is 0. The van der Waals surface area contributed by atoms with Crippen molar-refractivity contribution in [3.05, 3.63) is 0 Å². The Balaban J connectivity index is 0.000000483. The van der Waals surface area contributed by atoms with Crippen LogP contribution in [0.4, 0.5) is 0 Å². The van der Waals surface area contributed by atoms with E-state index in [9.17, 15) is 0 Å². The van der Waals surface area contributed by atoms with E-state index in [2.05, 4.69) is 49.7 Å². The number of ether oxygens (including phenoxy) is 4. The molecule has 0 aliphatic heterocycles. The summed E-state index contributed by atoms with van der Waals surface area (Å²) < 4.78 is 21.5. The monoisotopic (exact) mass is 633 g/mol. The predicted molar refractivity (Wildman–Crippen MR) is 117 cm³/mol. The van der Waals surface area contributed by atoms with Crippen molar-refractivity contribution in [1.29, 1.82) is 0 Å². The van der Waals surface area contributed by atoms with Crippen LogP contribution in [0.15, 0.2) is 0 Å². The molecule has 0 atom stereocenters. The first kappa shape index (κ1) is 27.8. The maximum Gasteiger partial charge on any atom is 2.00 e. The van der Waals surface area contributed by atoms with Crippen LogP contribution in [-0.2, 0) is 65.3 Å². The maximum absolute atomic E-state index is 5.60. The fourth-order valence-electron chi connectivity index (χ4n) is 3.14. The Morgan fingerprint density at radius 1 is 0.630 bits per heavy atom. The molecule has 0 radical (unpaired) electrons. The molecule has 0 N–H and O–H groups in total. The Bertz CT molecular complexity index is 354. The van der Waals surface area contributed by atoms with E-state index in [0.29, 0.717) is 38.6 Å². The Morgan fingerprint density at radius 2 is 0.963 bits per heavy atom. The molecular formula is C18H30O4PtS4. The minimum Gasteiger partial charge on any atom is -0.511 e. The molecular weight excluding hydrogens is 604 g/mol. The summed E-state index contributed by atoms with van der Waals surface area (Å²) in [6.45, 7) is 2.22. The van der Waals surface area contributed by atoms with E-state index in [1.54, 1.807) is 0 Å². The molecule has 27 heavy (non-hydrogen) atoms. The van der Waals surface area contributed by atoms with Gasteiger partial charge in [-0.2, -0.15) is 0 Å². The third-order valence-electron chi connectivity index (χ3n) is 4.42. The third-order valence-corrected chi connectivity index (χ3v) is 4.89. The summed E-state index contributed by atoms with van der Waals surface area (Å²) in [5.41, 5.74) is 0. The van der Waals surface area contributed by atoms with Crippen molar-refractivity contribution in [1.82, 2.24) is 0 Å². The molecule has 4 nitrogen and oxygen atoms in total. The molecule has 2 fully saturated rings. The molecule has 0 aromatic carbocycles. The summed E-state index contributed by atoms with van der Waals surface area (Å²) in [5.74, 6) is 0. The molecule has 0 aromatic rings. The van der Waals surface area contributed by atoms with Crippen molar-refractivity contribution >= 4 is 58.5 Å². The Labute approximate surface area is 200 Å². The Hall–Kier alpha value is 0.828. The standard InChI is InChI=1S/2C9H16O2S2.Pt/c2*12-9(13)11-7-6-10-8-4-2-1-3-5-8;/h2*8H,1-7H2,(H,12,13);/q;;+2/p-2. The van der Waals surface area contributed by atoms with E-state index in [0.717, 1.165) is 0 Å². The van der Waals surface area contributed by atoms with Crippen molar-refractivity contribution in [2.75, 3.05) is 26.4 Å². The van der Waals surface area contributed by atoms with E-state index in [-0.39, 0.29) is 29.8 Å². The van der Waals surface area contributed by atoms with Crippen molar-refractivity contribution in [2.24, 2.45) is 0 Å². The Kier molecular flexibility index (Phi) is 19.4. The van der Waals surface area contributed by atoms with E-state index >= 15 is 0 Å². The van der Waals surface area contributed by atoms with Crippen molar-refractivity contribution in [3.8, 4) is 0 Å². The van der Waals surface area contributed by atoms with Crippen molar-refractivity contribution in [3.63, 3.8) is 0 Å². The predicted octanol–water partition coefficient (Wildman–Crippen LogP) is 4.37. The molecule has 0 amide bonds. The van der Waals surface area contributed by atoms with Crippen LogP contribution in [0.5, 0.6) is 0 Å². The minimum absolute atomic E-state index is 0. The van der Waals surface area contributed by atoms with Gasteiger partial charge in [0.05, 0.1) is 25.4 Å². The van der Waals surface area contributed by atoms with Gasteiger partial charge < -0.3 is 68.6 Å². The van der Waals surface area contributed by atoms with Gasteiger partial charge in [-0.3, -0.25) is 0 Å². The molecule has 0 bridgehead atoms. The molecule has 0 saturated heterocycles. The average molecular weight is 634 g/mol. The van der Waals surface area contributed by atoms with Gasteiger partial charge in [0, 0.05) is 8.77 Å². The molecule has 2 rings (SSSR count). The zero-order valence-electron chi connectivity index (χ0n) is 15.6. The van der Waals surface area contributed by atoms with Gasteiger partial charge in [-0.25, -0.2) is 0 Å². The average Bonchev–Trinajstić information content (AvgIpc) is 2.64. The molecule has 2 aliphatic rings. The second-order valence-corrected chi connectivity index (χ2v) is 8.46. The quantitative estimate of drug-likeness (QED) is 0.222. The largest absolute Gasteiger partial charge is 2.00 e. The zero-order valence-corrected chi connectivity index (χ0v) is 21.2. The molecule has 0 heterocycles. The molecule has 2 saturated carbocycles. The van der Waals surface area contributed by atoms with E-state index in [4.69, 9.17) is 18.9 Å². The van der Waals surface area contributed by atoms with Gasteiger partial charge in [-0.1, -0.05) is 38.5 Å². The summed E-state index contributed by atoms with van der Waals surface area (Å²) in [7, 11) is 0. The number of rotatable bonds is 8. The normalized spacial score (nSPS) is 17.8. The van der Waals surface area contributed by atoms with Crippen LogP contribution < -0.4 is 0 Å². The van der Waals surface area contributed by atoms with Crippen LogP contribution in [-0.4, -0.2) is 47.4 Å². The van der Waals surface area contributed by atoms with Crippen LogP contribution in [0.1, 0.15) is 64.2 Å². The minimum atomic E-state index is 0.